The van der Waals surface area contributed by atoms with E-state index in [1.165, 1.54) is 22.3 Å². The number of hydrogen-bond acceptors (Lipinski definition) is 1. The van der Waals surface area contributed by atoms with Gasteiger partial charge in [-0.15, -0.1) is 0 Å². The van der Waals surface area contributed by atoms with Crippen molar-refractivity contribution in [3.05, 3.63) is 69.7 Å². The molecular formula is C17H18ClN. The number of likely N-dealkylation sites (N-methyl/N-ethyl adjacent to an activating group) is 1. The fourth-order valence-electron chi connectivity index (χ4n) is 3.13. The molecule has 1 aliphatic heterocycles. The molecule has 2 aromatic carbocycles. The maximum Gasteiger partial charge on any atom is 0.0408 e. The zero-order chi connectivity index (χ0) is 13.4. The van der Waals surface area contributed by atoms with Crippen molar-refractivity contribution >= 4 is 11.6 Å². The molecule has 0 amide bonds. The van der Waals surface area contributed by atoms with E-state index in [0.717, 1.165) is 18.1 Å². The average molecular weight is 272 g/mol. The van der Waals surface area contributed by atoms with Gasteiger partial charge in [0.05, 0.1) is 0 Å². The molecule has 0 saturated heterocycles. The molecule has 0 radical (unpaired) electrons. The summed E-state index contributed by atoms with van der Waals surface area (Å²) in [6, 6.07) is 14.9. The topological polar surface area (TPSA) is 3.24 Å². The van der Waals surface area contributed by atoms with Crippen molar-refractivity contribution in [3.63, 3.8) is 0 Å². The van der Waals surface area contributed by atoms with Gasteiger partial charge >= 0.3 is 0 Å². The molecule has 0 bridgehead atoms. The first kappa shape index (κ1) is 12.7. The van der Waals surface area contributed by atoms with Gasteiger partial charge in [0, 0.05) is 24.0 Å². The molecule has 2 heteroatoms. The van der Waals surface area contributed by atoms with E-state index in [1.54, 1.807) is 0 Å². The molecule has 19 heavy (non-hydrogen) atoms. The van der Waals surface area contributed by atoms with Crippen molar-refractivity contribution in [2.45, 2.75) is 19.4 Å². The Hall–Kier alpha value is -1.31. The molecule has 2 aromatic rings. The number of benzene rings is 2. The van der Waals surface area contributed by atoms with E-state index in [4.69, 9.17) is 11.6 Å². The molecule has 0 fully saturated rings. The monoisotopic (exact) mass is 271 g/mol. The van der Waals surface area contributed by atoms with Crippen molar-refractivity contribution in [3.8, 4) is 0 Å². The lowest BCUT2D eigenvalue weighted by molar-refractivity contribution is 0.294. The number of nitrogens with zero attached hydrogens (tertiary/aromatic N) is 1. The Labute approximate surface area is 119 Å². The second kappa shape index (κ2) is 4.99. The molecule has 1 heterocycles. The number of fused-ring (bicyclic) bond motifs is 1. The Balaban J connectivity index is 2.13. The third-order valence-corrected chi connectivity index (χ3v) is 4.18. The van der Waals surface area contributed by atoms with E-state index in [2.05, 4.69) is 49.2 Å². The lowest BCUT2D eigenvalue weighted by Gasteiger charge is -2.34. The maximum atomic E-state index is 6.15. The smallest absolute Gasteiger partial charge is 0.0408 e. The first-order valence-electron chi connectivity index (χ1n) is 6.67. The molecule has 0 unspecified atom stereocenters. The molecular weight excluding hydrogens is 254 g/mol. The SMILES string of the molecule is Cc1cccc2c1[C@@H](c1cccc(Cl)c1)CN(C)C2. The van der Waals surface area contributed by atoms with E-state index in [9.17, 15) is 0 Å². The van der Waals surface area contributed by atoms with E-state index in [1.807, 2.05) is 12.1 Å². The molecule has 0 spiro atoms. The summed E-state index contributed by atoms with van der Waals surface area (Å²) in [7, 11) is 2.18. The highest BCUT2D eigenvalue weighted by Gasteiger charge is 2.26. The number of halogens is 1. The van der Waals surface area contributed by atoms with Crippen molar-refractivity contribution < 1.29 is 0 Å². The van der Waals surface area contributed by atoms with Crippen LogP contribution in [0.25, 0.3) is 0 Å². The van der Waals surface area contributed by atoms with Crippen LogP contribution >= 0.6 is 11.6 Å². The summed E-state index contributed by atoms with van der Waals surface area (Å²) < 4.78 is 0. The van der Waals surface area contributed by atoms with Crippen LogP contribution in [-0.4, -0.2) is 18.5 Å². The van der Waals surface area contributed by atoms with Gasteiger partial charge in [0.2, 0.25) is 0 Å². The van der Waals surface area contributed by atoms with E-state index >= 15 is 0 Å². The fraction of sp³-hybridized carbons (Fsp3) is 0.294. The predicted octanol–water partition coefficient (Wildman–Crippen LogP) is 4.23. The van der Waals surface area contributed by atoms with Crippen LogP contribution in [0.15, 0.2) is 42.5 Å². The number of aryl methyl sites for hydroxylation is 1. The lowest BCUT2D eigenvalue weighted by Crippen LogP contribution is -2.31. The van der Waals surface area contributed by atoms with Gasteiger partial charge in [0.1, 0.15) is 0 Å². The first-order valence-corrected chi connectivity index (χ1v) is 7.05. The van der Waals surface area contributed by atoms with Gasteiger partial charge < -0.3 is 4.90 Å². The quantitative estimate of drug-likeness (QED) is 0.750. The zero-order valence-electron chi connectivity index (χ0n) is 11.4. The second-order valence-electron chi connectivity index (χ2n) is 5.45. The molecule has 0 saturated carbocycles. The highest BCUT2D eigenvalue weighted by molar-refractivity contribution is 6.30. The minimum absolute atomic E-state index is 0.425. The largest absolute Gasteiger partial charge is 0.301 e. The van der Waals surface area contributed by atoms with E-state index in [-0.39, 0.29) is 0 Å². The summed E-state index contributed by atoms with van der Waals surface area (Å²) in [6.07, 6.45) is 0. The maximum absolute atomic E-state index is 6.15. The Morgan fingerprint density at radius 2 is 1.95 bits per heavy atom. The summed E-state index contributed by atoms with van der Waals surface area (Å²) in [6.45, 7) is 4.30. The van der Waals surface area contributed by atoms with Gasteiger partial charge in [-0.3, -0.25) is 0 Å². The molecule has 98 valence electrons. The minimum Gasteiger partial charge on any atom is -0.301 e. The Kier molecular flexibility index (Phi) is 3.34. The highest BCUT2D eigenvalue weighted by Crippen LogP contribution is 2.35. The summed E-state index contributed by atoms with van der Waals surface area (Å²) in [5.74, 6) is 0.425. The molecule has 1 atom stereocenters. The van der Waals surface area contributed by atoms with Crippen LogP contribution in [0.5, 0.6) is 0 Å². The van der Waals surface area contributed by atoms with Gasteiger partial charge in [-0.25, -0.2) is 0 Å². The molecule has 0 aromatic heterocycles. The van der Waals surface area contributed by atoms with Crippen LogP contribution in [0, 0.1) is 6.92 Å². The lowest BCUT2D eigenvalue weighted by atomic mass is 9.82. The Morgan fingerprint density at radius 3 is 2.74 bits per heavy atom. The zero-order valence-corrected chi connectivity index (χ0v) is 12.1. The normalized spacial score (nSPS) is 19.2. The first-order chi connectivity index (χ1) is 9.15. The third kappa shape index (κ3) is 2.41. The van der Waals surface area contributed by atoms with Crippen molar-refractivity contribution in [2.75, 3.05) is 13.6 Å². The van der Waals surface area contributed by atoms with Crippen molar-refractivity contribution in [2.24, 2.45) is 0 Å². The molecule has 0 aliphatic carbocycles. The summed E-state index contributed by atoms with van der Waals surface area (Å²) in [5.41, 5.74) is 5.63. The van der Waals surface area contributed by atoms with Gasteiger partial charge in [0.25, 0.3) is 0 Å². The van der Waals surface area contributed by atoms with Crippen LogP contribution in [-0.2, 0) is 6.54 Å². The Morgan fingerprint density at radius 1 is 1.16 bits per heavy atom. The summed E-state index contributed by atoms with van der Waals surface area (Å²) >= 11 is 6.15. The van der Waals surface area contributed by atoms with Crippen LogP contribution in [0.3, 0.4) is 0 Å². The molecule has 3 rings (SSSR count). The Bertz CT molecular complexity index is 606. The van der Waals surface area contributed by atoms with Crippen LogP contribution in [0.4, 0.5) is 0 Å². The molecule has 1 nitrogen and oxygen atoms in total. The van der Waals surface area contributed by atoms with E-state index in [0.29, 0.717) is 5.92 Å². The number of hydrogen-bond donors (Lipinski definition) is 0. The minimum atomic E-state index is 0.425. The predicted molar refractivity (Wildman–Crippen MR) is 80.8 cm³/mol. The second-order valence-corrected chi connectivity index (χ2v) is 5.89. The van der Waals surface area contributed by atoms with Gasteiger partial charge in [-0.05, 0) is 48.4 Å². The number of rotatable bonds is 1. The van der Waals surface area contributed by atoms with E-state index < -0.39 is 0 Å². The third-order valence-electron chi connectivity index (χ3n) is 3.95. The van der Waals surface area contributed by atoms with Crippen LogP contribution in [0.1, 0.15) is 28.2 Å². The van der Waals surface area contributed by atoms with Crippen molar-refractivity contribution in [1.29, 1.82) is 0 Å². The van der Waals surface area contributed by atoms with Gasteiger partial charge in [0.15, 0.2) is 0 Å². The highest BCUT2D eigenvalue weighted by atomic mass is 35.5. The van der Waals surface area contributed by atoms with Gasteiger partial charge in [-0.1, -0.05) is 41.9 Å². The van der Waals surface area contributed by atoms with Crippen LogP contribution in [0.2, 0.25) is 5.02 Å². The molecule has 0 N–H and O–H groups in total. The van der Waals surface area contributed by atoms with Gasteiger partial charge in [-0.2, -0.15) is 0 Å². The average Bonchev–Trinajstić information content (AvgIpc) is 2.37. The van der Waals surface area contributed by atoms with Crippen LogP contribution < -0.4 is 0 Å². The molecule has 1 aliphatic rings. The summed E-state index contributed by atoms with van der Waals surface area (Å²) in [5, 5.41) is 0.820. The summed E-state index contributed by atoms with van der Waals surface area (Å²) in [4.78, 5) is 2.38. The standard InChI is InChI=1S/C17H18ClN/c1-12-5-3-7-14-10-19(2)11-16(17(12)14)13-6-4-8-15(18)9-13/h3-9,16H,10-11H2,1-2H3/t16-/m1/s1. The fourth-order valence-corrected chi connectivity index (χ4v) is 3.33. The van der Waals surface area contributed by atoms with Crippen molar-refractivity contribution in [1.82, 2.24) is 4.90 Å².